The summed E-state index contributed by atoms with van der Waals surface area (Å²) >= 11 is 0. The van der Waals surface area contributed by atoms with Crippen LogP contribution in [0.25, 0.3) is 44.4 Å². The molecular weight excluding hydrogens is 845 g/mol. The minimum Gasteiger partial charge on any atom is -0.417 e. The first-order valence-corrected chi connectivity index (χ1v) is 24.4. The molecule has 0 atom stereocenters. The Morgan fingerprint density at radius 1 is 0.708 bits per heavy atom. The normalized spacial score (nSPS) is 15.3. The largest absolute Gasteiger partial charge is 0.417 e. The SMILES string of the molecule is C.C1CCOC1.Cn1ccc(C2=C(c3cn(CCCO)c4ncccc34)C(=O)NC2=O)n1.Cn1ccc(C2=C(c3cn(CCCO[Si](C)(C)C(C)(C)C)c4ncccc34)C(=O)NC2=O)n1. The third-order valence-corrected chi connectivity index (χ3v) is 16.3. The van der Waals surface area contributed by atoms with Crippen molar-refractivity contribution in [3.63, 3.8) is 0 Å². The summed E-state index contributed by atoms with van der Waals surface area (Å²) in [7, 11) is 1.73. The number of ether oxygens (including phenoxy) is 1. The number of aliphatic hydroxyl groups is 1. The lowest BCUT2D eigenvalue weighted by atomic mass is 10.00. The van der Waals surface area contributed by atoms with E-state index in [2.05, 4.69) is 64.7 Å². The van der Waals surface area contributed by atoms with E-state index in [1.807, 2.05) is 39.7 Å². The average molecular weight is 905 g/mol. The highest BCUT2D eigenvalue weighted by atomic mass is 28.4. The Morgan fingerprint density at radius 3 is 1.54 bits per heavy atom. The van der Waals surface area contributed by atoms with Crippen molar-refractivity contribution in [2.75, 3.05) is 26.4 Å². The smallest absolute Gasteiger partial charge is 0.261 e. The summed E-state index contributed by atoms with van der Waals surface area (Å²) in [5.41, 5.74) is 4.93. The molecule has 6 aromatic heterocycles. The van der Waals surface area contributed by atoms with Crippen LogP contribution in [0, 0.1) is 0 Å². The number of imide groups is 2. The van der Waals surface area contributed by atoms with E-state index in [1.54, 1.807) is 66.4 Å². The van der Waals surface area contributed by atoms with Gasteiger partial charge in [-0.15, -0.1) is 0 Å². The molecule has 3 aliphatic rings. The zero-order valence-corrected chi connectivity index (χ0v) is 38.5. The fourth-order valence-electron chi connectivity index (χ4n) is 7.52. The molecule has 0 bridgehead atoms. The standard InChI is InChI=1S/C24H31N5O3Si.C18H17N5O3.C4H8O.CH4/c1-24(2,3)33(5,6)32-14-8-12-29-15-17(16-9-7-11-25-21(16)29)19-20(23(31)26-22(19)30)18-10-13-28(4)27-18;1-22-8-5-13(21-22)15-14(17(25)20-18(15)26)12-10-23(7-3-9-24)16-11(12)4-2-6-19-16;1-2-4-5-3-1;/h7,9-11,13,15H,8,12,14H2,1-6H3,(H,26,30,31);2,4-6,8,10,24H,3,7,9H2,1H3,(H,20,25,26);1-4H2;1H4. The summed E-state index contributed by atoms with van der Waals surface area (Å²) in [4.78, 5) is 59.4. The number of aliphatic hydroxyl groups excluding tert-OH is 1. The van der Waals surface area contributed by atoms with E-state index in [-0.39, 0.29) is 24.6 Å². The van der Waals surface area contributed by atoms with Gasteiger partial charge in [0.2, 0.25) is 0 Å². The summed E-state index contributed by atoms with van der Waals surface area (Å²) in [6, 6.07) is 10.9. The summed E-state index contributed by atoms with van der Waals surface area (Å²) < 4.78 is 18.4. The third-order valence-electron chi connectivity index (χ3n) is 11.8. The highest BCUT2D eigenvalue weighted by Gasteiger charge is 2.38. The predicted molar refractivity (Wildman–Crippen MR) is 252 cm³/mol. The lowest BCUT2D eigenvalue weighted by Gasteiger charge is -2.36. The molecule has 0 saturated carbocycles. The Labute approximate surface area is 379 Å². The minimum atomic E-state index is -1.81. The van der Waals surface area contributed by atoms with Crippen molar-refractivity contribution < 1.29 is 33.4 Å². The van der Waals surface area contributed by atoms with Crippen molar-refractivity contribution in [1.82, 2.24) is 49.3 Å². The molecule has 1 saturated heterocycles. The molecule has 344 valence electrons. The number of nitrogens with one attached hydrogen (secondary N) is 2. The second-order valence-electron chi connectivity index (χ2n) is 17.4. The van der Waals surface area contributed by atoms with Crippen molar-refractivity contribution in [1.29, 1.82) is 0 Å². The van der Waals surface area contributed by atoms with Crippen LogP contribution in [0.1, 0.15) is 76.4 Å². The minimum absolute atomic E-state index is 0. The van der Waals surface area contributed by atoms with Crippen LogP contribution in [0.2, 0.25) is 18.1 Å². The number of nitrogens with zero attached hydrogens (tertiary/aromatic N) is 8. The number of hydrogen-bond acceptors (Lipinski definition) is 11. The van der Waals surface area contributed by atoms with Gasteiger partial charge in [-0.1, -0.05) is 28.2 Å². The molecule has 3 N–H and O–H groups in total. The monoisotopic (exact) mass is 904 g/mol. The van der Waals surface area contributed by atoms with Crippen molar-refractivity contribution >= 4 is 76.3 Å². The molecule has 17 nitrogen and oxygen atoms in total. The maximum atomic E-state index is 12.8. The highest BCUT2D eigenvalue weighted by molar-refractivity contribution is 6.74. The molecule has 0 radical (unpaired) electrons. The second kappa shape index (κ2) is 20.2. The van der Waals surface area contributed by atoms with E-state index >= 15 is 0 Å². The number of amides is 4. The molecule has 0 aromatic carbocycles. The van der Waals surface area contributed by atoms with Gasteiger partial charge >= 0.3 is 0 Å². The number of aromatic nitrogens is 8. The molecule has 3 aliphatic heterocycles. The molecule has 18 heteroatoms. The molecule has 0 spiro atoms. The van der Waals surface area contributed by atoms with Gasteiger partial charge < -0.3 is 23.4 Å². The van der Waals surface area contributed by atoms with E-state index in [9.17, 15) is 19.2 Å². The Kier molecular flexibility index (Phi) is 15.0. The van der Waals surface area contributed by atoms with Gasteiger partial charge in [0.15, 0.2) is 8.32 Å². The first kappa shape index (κ1) is 48.1. The van der Waals surface area contributed by atoms with Gasteiger partial charge in [-0.2, -0.15) is 10.2 Å². The van der Waals surface area contributed by atoms with E-state index in [0.717, 1.165) is 36.1 Å². The molecule has 6 aromatic rings. The van der Waals surface area contributed by atoms with E-state index in [4.69, 9.17) is 14.3 Å². The van der Waals surface area contributed by atoms with Crippen LogP contribution in [0.5, 0.6) is 0 Å². The Hall–Kier alpha value is -6.34. The van der Waals surface area contributed by atoms with Crippen LogP contribution < -0.4 is 10.6 Å². The fourth-order valence-corrected chi connectivity index (χ4v) is 8.61. The van der Waals surface area contributed by atoms with Gasteiger partial charge in [0.25, 0.3) is 23.6 Å². The van der Waals surface area contributed by atoms with Crippen LogP contribution in [0.3, 0.4) is 0 Å². The van der Waals surface area contributed by atoms with Gasteiger partial charge in [0.05, 0.1) is 33.7 Å². The lowest BCUT2D eigenvalue weighted by molar-refractivity contribution is -0.124. The Bertz CT molecular complexity index is 2770. The second-order valence-corrected chi connectivity index (χ2v) is 22.2. The predicted octanol–water partition coefficient (Wildman–Crippen LogP) is 5.90. The van der Waals surface area contributed by atoms with Gasteiger partial charge in [0.1, 0.15) is 11.3 Å². The molecule has 4 amide bonds. The van der Waals surface area contributed by atoms with Crippen LogP contribution in [-0.4, -0.2) is 102 Å². The van der Waals surface area contributed by atoms with Crippen LogP contribution in [0.15, 0.2) is 73.6 Å². The van der Waals surface area contributed by atoms with Gasteiger partial charge in [-0.25, -0.2) is 9.97 Å². The molecule has 65 heavy (non-hydrogen) atoms. The first-order chi connectivity index (χ1) is 30.6. The zero-order chi connectivity index (χ0) is 45.8. The molecule has 1 fully saturated rings. The fraction of sp³-hybridized carbons (Fsp3) is 0.404. The molecule has 0 unspecified atom stereocenters. The number of hydrogen-bond donors (Lipinski definition) is 3. The van der Waals surface area contributed by atoms with Crippen molar-refractivity contribution in [3.8, 4) is 0 Å². The molecule has 9 heterocycles. The van der Waals surface area contributed by atoms with Crippen LogP contribution >= 0.6 is 0 Å². The summed E-state index contributed by atoms with van der Waals surface area (Å²) in [5.74, 6) is -1.74. The van der Waals surface area contributed by atoms with E-state index in [0.29, 0.717) is 71.0 Å². The summed E-state index contributed by atoms with van der Waals surface area (Å²) in [6.07, 6.45) is 14.6. The van der Waals surface area contributed by atoms with E-state index < -0.39 is 31.9 Å². The average Bonchev–Trinajstić information content (AvgIpc) is 4.13. The number of pyridine rings is 2. The van der Waals surface area contributed by atoms with Crippen molar-refractivity contribution in [2.45, 2.75) is 85.1 Å². The van der Waals surface area contributed by atoms with Crippen molar-refractivity contribution in [3.05, 3.63) is 96.1 Å². The highest BCUT2D eigenvalue weighted by Crippen LogP contribution is 2.38. The number of fused-ring (bicyclic) bond motifs is 2. The number of carbonyl (C=O) groups is 4. The number of rotatable bonds is 12. The number of aryl methyl sites for hydroxylation is 4. The molecular formula is C47H60N10O7Si. The summed E-state index contributed by atoms with van der Waals surface area (Å²) in [5, 5.41) is 24.3. The van der Waals surface area contributed by atoms with Gasteiger partial charge in [-0.05, 0) is 80.2 Å². The summed E-state index contributed by atoms with van der Waals surface area (Å²) in [6.45, 7) is 15.2. The zero-order valence-electron chi connectivity index (χ0n) is 37.5. The van der Waals surface area contributed by atoms with Crippen molar-refractivity contribution in [2.24, 2.45) is 14.1 Å². The Balaban J connectivity index is 0.000000195. The quantitative estimate of drug-likeness (QED) is 0.0750. The van der Waals surface area contributed by atoms with Crippen LogP contribution in [-0.2, 0) is 55.5 Å². The maximum absolute atomic E-state index is 12.8. The molecule has 0 aliphatic carbocycles. The topological polar surface area (TPSA) is 202 Å². The van der Waals surface area contributed by atoms with Gasteiger partial charge in [0, 0.05) is 113 Å². The molecule has 9 rings (SSSR count). The third kappa shape index (κ3) is 10.3. The first-order valence-electron chi connectivity index (χ1n) is 21.5. The van der Waals surface area contributed by atoms with Gasteiger partial charge in [-0.3, -0.25) is 39.2 Å². The van der Waals surface area contributed by atoms with E-state index in [1.165, 1.54) is 12.8 Å². The lowest BCUT2D eigenvalue weighted by Crippen LogP contribution is -2.41. The maximum Gasteiger partial charge on any atom is 0.261 e. The Morgan fingerprint density at radius 2 is 1.15 bits per heavy atom. The number of carbonyl (C=O) groups excluding carboxylic acids is 4. The van der Waals surface area contributed by atoms with Crippen LogP contribution in [0.4, 0.5) is 0 Å².